The maximum absolute atomic E-state index is 12.9. The van der Waals surface area contributed by atoms with E-state index >= 15 is 0 Å². The minimum absolute atomic E-state index is 0.135. The Morgan fingerprint density at radius 1 is 1.15 bits per heavy atom. The fourth-order valence-corrected chi connectivity index (χ4v) is 3.30. The Morgan fingerprint density at radius 3 is 2.85 bits per heavy atom. The first-order valence-electron chi connectivity index (χ1n) is 8.78. The molecule has 1 aliphatic rings. The van der Waals surface area contributed by atoms with E-state index in [2.05, 4.69) is 31.6 Å². The molecule has 6 heteroatoms. The van der Waals surface area contributed by atoms with Crippen LogP contribution in [0.25, 0.3) is 10.8 Å². The molecule has 3 heterocycles. The van der Waals surface area contributed by atoms with Gasteiger partial charge in [0.2, 0.25) is 0 Å². The predicted molar refractivity (Wildman–Crippen MR) is 104 cm³/mol. The molecule has 0 spiro atoms. The first-order chi connectivity index (χ1) is 12.7. The smallest absolute Gasteiger partial charge is 0.256 e. The van der Waals surface area contributed by atoms with Gasteiger partial charge >= 0.3 is 0 Å². The number of anilines is 2. The standard InChI is InChI=1S/C20H21N5O/c1-14-10-15-2-4-22-13-18(15)17(11-14)20(26)24-16-3-5-23-19(12-16)25-8-6-21-7-9-25/h2-5,10-13,21H,6-9H2,1H3,(H,23,24,26). The summed E-state index contributed by atoms with van der Waals surface area (Å²) in [4.78, 5) is 23.7. The van der Waals surface area contributed by atoms with Crippen molar-refractivity contribution in [2.24, 2.45) is 0 Å². The summed E-state index contributed by atoms with van der Waals surface area (Å²) in [5.41, 5.74) is 2.43. The molecule has 1 amide bonds. The number of nitrogens with one attached hydrogen (secondary N) is 2. The number of rotatable bonds is 3. The summed E-state index contributed by atoms with van der Waals surface area (Å²) in [7, 11) is 0. The van der Waals surface area contributed by atoms with Crippen molar-refractivity contribution in [1.82, 2.24) is 15.3 Å². The van der Waals surface area contributed by atoms with Crippen LogP contribution in [0.4, 0.5) is 11.5 Å². The van der Waals surface area contributed by atoms with E-state index in [0.29, 0.717) is 5.56 Å². The lowest BCUT2D eigenvalue weighted by molar-refractivity contribution is 0.102. The highest BCUT2D eigenvalue weighted by Crippen LogP contribution is 2.22. The van der Waals surface area contributed by atoms with Gasteiger partial charge in [0, 0.05) is 67.5 Å². The minimum Gasteiger partial charge on any atom is -0.354 e. The summed E-state index contributed by atoms with van der Waals surface area (Å²) < 4.78 is 0. The molecular formula is C20H21N5O. The lowest BCUT2D eigenvalue weighted by Gasteiger charge is -2.28. The van der Waals surface area contributed by atoms with Gasteiger partial charge in [0.1, 0.15) is 5.82 Å². The number of pyridine rings is 2. The van der Waals surface area contributed by atoms with Gasteiger partial charge in [-0.15, -0.1) is 0 Å². The quantitative estimate of drug-likeness (QED) is 0.762. The van der Waals surface area contributed by atoms with E-state index in [9.17, 15) is 4.79 Å². The second-order valence-corrected chi connectivity index (χ2v) is 6.50. The number of hydrogen-bond donors (Lipinski definition) is 2. The maximum Gasteiger partial charge on any atom is 0.256 e. The molecule has 1 aliphatic heterocycles. The molecule has 2 N–H and O–H groups in total. The van der Waals surface area contributed by atoms with Crippen molar-refractivity contribution < 1.29 is 4.79 Å². The second kappa shape index (κ2) is 7.09. The number of benzene rings is 1. The van der Waals surface area contributed by atoms with Crippen LogP contribution >= 0.6 is 0 Å². The summed E-state index contributed by atoms with van der Waals surface area (Å²) in [6, 6.07) is 9.63. The van der Waals surface area contributed by atoms with Crippen molar-refractivity contribution in [1.29, 1.82) is 0 Å². The van der Waals surface area contributed by atoms with Gasteiger partial charge in [-0.3, -0.25) is 9.78 Å². The molecule has 0 unspecified atom stereocenters. The van der Waals surface area contributed by atoms with Crippen molar-refractivity contribution in [2.75, 3.05) is 36.4 Å². The van der Waals surface area contributed by atoms with Crippen LogP contribution in [-0.2, 0) is 0 Å². The van der Waals surface area contributed by atoms with Gasteiger partial charge in [-0.1, -0.05) is 6.07 Å². The third-order valence-electron chi connectivity index (χ3n) is 4.59. The number of aromatic nitrogens is 2. The molecule has 0 radical (unpaired) electrons. The molecule has 0 aliphatic carbocycles. The Bertz CT molecular complexity index is 950. The number of aryl methyl sites for hydroxylation is 1. The van der Waals surface area contributed by atoms with Crippen molar-refractivity contribution in [3.05, 3.63) is 60.0 Å². The molecule has 1 aromatic carbocycles. The Labute approximate surface area is 152 Å². The summed E-state index contributed by atoms with van der Waals surface area (Å²) >= 11 is 0. The molecule has 132 valence electrons. The fourth-order valence-electron chi connectivity index (χ4n) is 3.30. The molecule has 0 atom stereocenters. The highest BCUT2D eigenvalue weighted by Gasteiger charge is 2.14. The Morgan fingerprint density at radius 2 is 2.00 bits per heavy atom. The van der Waals surface area contributed by atoms with E-state index in [4.69, 9.17) is 0 Å². The second-order valence-electron chi connectivity index (χ2n) is 6.50. The van der Waals surface area contributed by atoms with Crippen LogP contribution in [0, 0.1) is 6.92 Å². The Balaban J connectivity index is 1.61. The van der Waals surface area contributed by atoms with E-state index in [0.717, 1.165) is 54.0 Å². The number of carbonyl (C=O) groups excluding carboxylic acids is 1. The van der Waals surface area contributed by atoms with E-state index in [1.807, 2.05) is 31.2 Å². The topological polar surface area (TPSA) is 70.2 Å². The molecule has 26 heavy (non-hydrogen) atoms. The van der Waals surface area contributed by atoms with Crippen LogP contribution in [0.1, 0.15) is 15.9 Å². The van der Waals surface area contributed by atoms with E-state index in [1.165, 1.54) is 0 Å². The Hall–Kier alpha value is -2.99. The largest absolute Gasteiger partial charge is 0.354 e. The molecule has 4 rings (SSSR count). The third-order valence-corrected chi connectivity index (χ3v) is 4.59. The molecule has 0 bridgehead atoms. The third kappa shape index (κ3) is 3.36. The molecule has 3 aromatic rings. The van der Waals surface area contributed by atoms with Crippen LogP contribution in [0.15, 0.2) is 48.9 Å². The monoisotopic (exact) mass is 347 g/mol. The lowest BCUT2D eigenvalue weighted by Crippen LogP contribution is -2.43. The molecular weight excluding hydrogens is 326 g/mol. The van der Waals surface area contributed by atoms with Crippen molar-refractivity contribution >= 4 is 28.2 Å². The zero-order chi connectivity index (χ0) is 17.9. The number of hydrogen-bond acceptors (Lipinski definition) is 5. The van der Waals surface area contributed by atoms with Crippen LogP contribution in [0.5, 0.6) is 0 Å². The average Bonchev–Trinajstić information content (AvgIpc) is 2.68. The number of carbonyl (C=O) groups is 1. The molecule has 6 nitrogen and oxygen atoms in total. The van der Waals surface area contributed by atoms with E-state index < -0.39 is 0 Å². The van der Waals surface area contributed by atoms with Gasteiger partial charge in [-0.2, -0.15) is 0 Å². The molecule has 2 aromatic heterocycles. The average molecular weight is 347 g/mol. The fraction of sp³-hybridized carbons (Fsp3) is 0.250. The zero-order valence-electron chi connectivity index (χ0n) is 14.7. The molecule has 0 saturated carbocycles. The van der Waals surface area contributed by atoms with Crippen LogP contribution in [0.2, 0.25) is 0 Å². The molecule has 1 saturated heterocycles. The highest BCUT2D eigenvalue weighted by molar-refractivity contribution is 6.13. The van der Waals surface area contributed by atoms with Gasteiger partial charge in [0.25, 0.3) is 5.91 Å². The van der Waals surface area contributed by atoms with Gasteiger partial charge in [-0.05, 0) is 36.1 Å². The number of fused-ring (bicyclic) bond motifs is 1. The Kier molecular flexibility index (Phi) is 4.50. The highest BCUT2D eigenvalue weighted by atomic mass is 16.1. The summed E-state index contributed by atoms with van der Waals surface area (Å²) in [5.74, 6) is 0.754. The first kappa shape index (κ1) is 16.5. The van der Waals surface area contributed by atoms with Gasteiger partial charge in [0.05, 0.1) is 0 Å². The van der Waals surface area contributed by atoms with E-state index in [1.54, 1.807) is 18.6 Å². The van der Waals surface area contributed by atoms with Crippen LogP contribution in [-0.4, -0.2) is 42.1 Å². The number of amides is 1. The maximum atomic E-state index is 12.9. The van der Waals surface area contributed by atoms with Gasteiger partial charge in [-0.25, -0.2) is 4.98 Å². The van der Waals surface area contributed by atoms with Gasteiger partial charge < -0.3 is 15.5 Å². The normalized spacial score (nSPS) is 14.4. The van der Waals surface area contributed by atoms with Crippen LogP contribution in [0.3, 0.4) is 0 Å². The van der Waals surface area contributed by atoms with Gasteiger partial charge in [0.15, 0.2) is 0 Å². The van der Waals surface area contributed by atoms with Crippen molar-refractivity contribution in [2.45, 2.75) is 6.92 Å². The van der Waals surface area contributed by atoms with Crippen molar-refractivity contribution in [3.8, 4) is 0 Å². The summed E-state index contributed by atoms with van der Waals surface area (Å²) in [6.07, 6.45) is 5.22. The predicted octanol–water partition coefficient (Wildman–Crippen LogP) is 2.60. The lowest BCUT2D eigenvalue weighted by atomic mass is 10.0. The van der Waals surface area contributed by atoms with E-state index in [-0.39, 0.29) is 5.91 Å². The summed E-state index contributed by atoms with van der Waals surface area (Å²) in [6.45, 7) is 5.71. The van der Waals surface area contributed by atoms with Crippen LogP contribution < -0.4 is 15.5 Å². The summed E-state index contributed by atoms with van der Waals surface area (Å²) in [5, 5.41) is 8.21. The zero-order valence-corrected chi connectivity index (χ0v) is 14.7. The first-order valence-corrected chi connectivity index (χ1v) is 8.78. The molecule has 1 fully saturated rings. The minimum atomic E-state index is -0.135. The SMILES string of the molecule is Cc1cc(C(=O)Nc2ccnc(N3CCNCC3)c2)c2cnccc2c1. The van der Waals surface area contributed by atoms with Crippen molar-refractivity contribution in [3.63, 3.8) is 0 Å². The number of piperazine rings is 1. The number of nitrogens with zero attached hydrogens (tertiary/aromatic N) is 3.